The average Bonchev–Trinajstić information content (AvgIpc) is 3.00. The van der Waals surface area contributed by atoms with Crippen LogP contribution in [0.1, 0.15) is 6.42 Å². The average molecular weight is 406 g/mol. The highest BCUT2D eigenvalue weighted by atomic mass is 79.9. The summed E-state index contributed by atoms with van der Waals surface area (Å²) in [4.78, 5) is 40.5. The third kappa shape index (κ3) is 3.27. The van der Waals surface area contributed by atoms with Crippen LogP contribution in [0, 0.1) is 0 Å². The molecule has 0 bridgehead atoms. The molecule has 0 saturated carbocycles. The van der Waals surface area contributed by atoms with Crippen molar-refractivity contribution in [2.24, 2.45) is 14.1 Å². The van der Waals surface area contributed by atoms with E-state index in [1.54, 1.807) is 23.7 Å². The summed E-state index contributed by atoms with van der Waals surface area (Å²) in [6, 6.07) is 7.29. The van der Waals surface area contributed by atoms with Gasteiger partial charge in [0.05, 0.1) is 6.33 Å². The molecule has 0 atom stereocenters. The van der Waals surface area contributed by atoms with Crippen LogP contribution in [0.15, 0.2) is 44.7 Å². The van der Waals surface area contributed by atoms with Crippen LogP contribution >= 0.6 is 15.9 Å². The number of halogens is 1. The van der Waals surface area contributed by atoms with Gasteiger partial charge in [-0.25, -0.2) is 9.78 Å². The fraction of sp³-hybridized carbons (Fsp3) is 0.250. The van der Waals surface area contributed by atoms with Gasteiger partial charge in [0.2, 0.25) is 5.91 Å². The molecule has 1 aromatic carbocycles. The lowest BCUT2D eigenvalue weighted by Gasteiger charge is -2.08. The summed E-state index contributed by atoms with van der Waals surface area (Å²) in [5, 5.41) is 2.80. The van der Waals surface area contributed by atoms with E-state index < -0.39 is 11.2 Å². The number of carbonyl (C=O) groups is 1. The summed E-state index contributed by atoms with van der Waals surface area (Å²) in [5.74, 6) is -0.179. The maximum Gasteiger partial charge on any atom is 0.332 e. The Morgan fingerprint density at radius 3 is 2.72 bits per heavy atom. The van der Waals surface area contributed by atoms with Gasteiger partial charge in [-0.2, -0.15) is 0 Å². The van der Waals surface area contributed by atoms with Crippen molar-refractivity contribution in [3.8, 4) is 0 Å². The minimum atomic E-state index is -0.435. The second-order valence-electron chi connectivity index (χ2n) is 5.62. The number of nitrogens with one attached hydrogen (secondary N) is 1. The Balaban J connectivity index is 1.81. The molecule has 0 aliphatic carbocycles. The maximum absolute atomic E-state index is 12.3. The molecule has 130 valence electrons. The lowest BCUT2D eigenvalue weighted by atomic mass is 10.3. The highest BCUT2D eigenvalue weighted by Crippen LogP contribution is 2.16. The lowest BCUT2D eigenvalue weighted by Crippen LogP contribution is -2.37. The number of anilines is 1. The van der Waals surface area contributed by atoms with E-state index in [9.17, 15) is 14.4 Å². The van der Waals surface area contributed by atoms with Crippen molar-refractivity contribution in [2.45, 2.75) is 13.0 Å². The molecule has 3 rings (SSSR count). The van der Waals surface area contributed by atoms with Gasteiger partial charge < -0.3 is 9.88 Å². The zero-order chi connectivity index (χ0) is 18.1. The van der Waals surface area contributed by atoms with E-state index in [-0.39, 0.29) is 18.9 Å². The third-order valence-electron chi connectivity index (χ3n) is 3.91. The van der Waals surface area contributed by atoms with E-state index in [1.807, 2.05) is 12.1 Å². The van der Waals surface area contributed by atoms with Crippen molar-refractivity contribution in [1.82, 2.24) is 18.7 Å². The highest BCUT2D eigenvalue weighted by molar-refractivity contribution is 9.10. The molecule has 3 aromatic rings. The topological polar surface area (TPSA) is 90.9 Å². The number of benzene rings is 1. The van der Waals surface area contributed by atoms with Crippen molar-refractivity contribution < 1.29 is 4.79 Å². The number of imidazole rings is 1. The number of rotatable bonds is 4. The first-order valence-electron chi connectivity index (χ1n) is 7.54. The van der Waals surface area contributed by atoms with Crippen LogP contribution in [0.3, 0.4) is 0 Å². The first-order valence-corrected chi connectivity index (χ1v) is 8.34. The highest BCUT2D eigenvalue weighted by Gasteiger charge is 2.14. The minimum absolute atomic E-state index is 0.171. The molecule has 0 aliphatic heterocycles. The standard InChI is InChI=1S/C16H16BrN5O3/c1-20-14-13(15(24)21(2)16(20)25)22(9-18-14)7-6-12(23)19-11-5-3-4-10(17)8-11/h3-5,8-9H,6-7H2,1-2H3,(H,19,23). The summed E-state index contributed by atoms with van der Waals surface area (Å²) >= 11 is 3.35. The SMILES string of the molecule is Cn1c(=O)c2c(ncn2CCC(=O)Nc2cccc(Br)c2)n(C)c1=O. The van der Waals surface area contributed by atoms with Crippen LogP contribution in [-0.4, -0.2) is 24.6 Å². The summed E-state index contributed by atoms with van der Waals surface area (Å²) < 4.78 is 4.81. The quantitative estimate of drug-likeness (QED) is 0.706. The van der Waals surface area contributed by atoms with Gasteiger partial charge in [-0.3, -0.25) is 18.7 Å². The number of hydrogen-bond donors (Lipinski definition) is 1. The first-order chi connectivity index (χ1) is 11.9. The molecule has 0 saturated heterocycles. The zero-order valence-corrected chi connectivity index (χ0v) is 15.3. The van der Waals surface area contributed by atoms with Gasteiger partial charge in [-0.1, -0.05) is 22.0 Å². The van der Waals surface area contributed by atoms with Crippen molar-refractivity contribution in [3.05, 3.63) is 55.9 Å². The molecule has 2 heterocycles. The van der Waals surface area contributed by atoms with Crippen LogP contribution in [0.4, 0.5) is 5.69 Å². The van der Waals surface area contributed by atoms with Gasteiger partial charge in [0.15, 0.2) is 11.2 Å². The largest absolute Gasteiger partial charge is 0.332 e. The second-order valence-corrected chi connectivity index (χ2v) is 6.54. The van der Waals surface area contributed by atoms with E-state index in [0.29, 0.717) is 16.9 Å². The summed E-state index contributed by atoms with van der Waals surface area (Å²) in [6.07, 6.45) is 1.64. The third-order valence-corrected chi connectivity index (χ3v) is 4.40. The maximum atomic E-state index is 12.3. The van der Waals surface area contributed by atoms with Gasteiger partial charge in [0.25, 0.3) is 5.56 Å². The van der Waals surface area contributed by atoms with Crippen LogP contribution in [-0.2, 0) is 25.4 Å². The Hall–Kier alpha value is -2.68. The van der Waals surface area contributed by atoms with Crippen molar-refractivity contribution in [3.63, 3.8) is 0 Å². The van der Waals surface area contributed by atoms with E-state index in [4.69, 9.17) is 0 Å². The fourth-order valence-corrected chi connectivity index (χ4v) is 2.98. The molecule has 0 aliphatic rings. The van der Waals surface area contributed by atoms with Crippen LogP contribution < -0.4 is 16.6 Å². The Labute approximate surface area is 150 Å². The summed E-state index contributed by atoms with van der Waals surface area (Å²) in [6.45, 7) is 0.282. The Bertz CT molecular complexity index is 1080. The molecule has 8 nitrogen and oxygen atoms in total. The Morgan fingerprint density at radius 2 is 2.00 bits per heavy atom. The predicted octanol–water partition coefficient (Wildman–Crippen LogP) is 1.22. The number of aromatic nitrogens is 4. The van der Waals surface area contributed by atoms with Gasteiger partial charge >= 0.3 is 5.69 Å². The van der Waals surface area contributed by atoms with Crippen molar-refractivity contribution >= 4 is 38.7 Å². The zero-order valence-electron chi connectivity index (χ0n) is 13.7. The van der Waals surface area contributed by atoms with Gasteiger partial charge in [0.1, 0.15) is 0 Å². The van der Waals surface area contributed by atoms with Crippen molar-refractivity contribution in [2.75, 3.05) is 5.32 Å². The number of fused-ring (bicyclic) bond motifs is 1. The number of aryl methyl sites for hydroxylation is 2. The molecule has 25 heavy (non-hydrogen) atoms. The first kappa shape index (κ1) is 17.2. The van der Waals surface area contributed by atoms with Gasteiger partial charge in [-0.15, -0.1) is 0 Å². The summed E-state index contributed by atoms with van der Waals surface area (Å²) in [5.41, 5.74) is 0.437. The molecule has 0 radical (unpaired) electrons. The van der Waals surface area contributed by atoms with E-state index in [0.717, 1.165) is 9.04 Å². The molecule has 1 N–H and O–H groups in total. The molecule has 0 fully saturated rings. The fourth-order valence-electron chi connectivity index (χ4n) is 2.58. The van der Waals surface area contributed by atoms with Crippen LogP contribution in [0.5, 0.6) is 0 Å². The second kappa shape index (κ2) is 6.67. The molecule has 9 heteroatoms. The lowest BCUT2D eigenvalue weighted by molar-refractivity contribution is -0.116. The van der Waals surface area contributed by atoms with E-state index in [1.165, 1.54) is 17.9 Å². The van der Waals surface area contributed by atoms with Crippen molar-refractivity contribution in [1.29, 1.82) is 0 Å². The van der Waals surface area contributed by atoms with Crippen LogP contribution in [0.2, 0.25) is 0 Å². The van der Waals surface area contributed by atoms with Gasteiger partial charge in [-0.05, 0) is 18.2 Å². The molecule has 0 unspecified atom stereocenters. The van der Waals surface area contributed by atoms with E-state index >= 15 is 0 Å². The Morgan fingerprint density at radius 1 is 1.24 bits per heavy atom. The molecule has 1 amide bonds. The molecule has 2 aromatic heterocycles. The summed E-state index contributed by atoms with van der Waals surface area (Å²) in [7, 11) is 2.98. The molecular weight excluding hydrogens is 390 g/mol. The van der Waals surface area contributed by atoms with Crippen LogP contribution in [0.25, 0.3) is 11.2 Å². The number of hydrogen-bond acceptors (Lipinski definition) is 4. The normalized spacial score (nSPS) is 11.0. The molecular formula is C16H16BrN5O3. The Kier molecular flexibility index (Phi) is 4.58. The molecule has 0 spiro atoms. The number of amides is 1. The van der Waals surface area contributed by atoms with E-state index in [2.05, 4.69) is 26.2 Å². The number of carbonyl (C=O) groups excluding carboxylic acids is 1. The van der Waals surface area contributed by atoms with Gasteiger partial charge in [0, 0.05) is 37.2 Å². The smallest absolute Gasteiger partial charge is 0.326 e. The minimum Gasteiger partial charge on any atom is -0.326 e. The predicted molar refractivity (Wildman–Crippen MR) is 97.6 cm³/mol. The monoisotopic (exact) mass is 405 g/mol. The number of nitrogens with zero attached hydrogens (tertiary/aromatic N) is 4.